The van der Waals surface area contributed by atoms with Crippen LogP contribution in [0.1, 0.15) is 18.9 Å². The molecule has 0 spiro atoms. The Bertz CT molecular complexity index is 914. The fourth-order valence-electron chi connectivity index (χ4n) is 2.30. The summed E-state index contributed by atoms with van der Waals surface area (Å²) >= 11 is 12.0. The Morgan fingerprint density at radius 2 is 1.69 bits per heavy atom. The van der Waals surface area contributed by atoms with Crippen molar-refractivity contribution in [3.63, 3.8) is 0 Å². The Morgan fingerprint density at radius 1 is 0.962 bits per heavy atom. The Kier molecular flexibility index (Phi) is 5.54. The minimum atomic E-state index is -0.491. The third kappa shape index (κ3) is 3.86. The molecule has 0 saturated heterocycles. The molecule has 0 radical (unpaired) electrons. The first-order valence-electron chi connectivity index (χ1n) is 7.69. The zero-order valence-corrected chi connectivity index (χ0v) is 15.8. The molecule has 0 unspecified atom stereocenters. The summed E-state index contributed by atoms with van der Waals surface area (Å²) in [5.74, 6) is 2.41. The lowest BCUT2D eigenvalue weighted by Gasteiger charge is -2.12. The van der Waals surface area contributed by atoms with Crippen LogP contribution in [0.15, 0.2) is 40.9 Å². The van der Waals surface area contributed by atoms with Gasteiger partial charge >= 0.3 is 0 Å². The standard InChI is InChI=1S/C18H16Cl2N2O4/c1-10(25-14-7-5-12(19)9-13(14)20)18-21-17(22-26-18)11-4-6-15(23-2)16(8-11)24-3/h4-10H,1-3H3/t10-/m1/s1. The number of methoxy groups -OCH3 is 2. The highest BCUT2D eigenvalue weighted by Gasteiger charge is 2.19. The Morgan fingerprint density at radius 3 is 2.38 bits per heavy atom. The molecule has 1 atom stereocenters. The first-order chi connectivity index (χ1) is 12.5. The lowest BCUT2D eigenvalue weighted by molar-refractivity contribution is 0.176. The van der Waals surface area contributed by atoms with Gasteiger partial charge in [-0.05, 0) is 43.3 Å². The Labute approximate surface area is 160 Å². The van der Waals surface area contributed by atoms with Crippen molar-refractivity contribution in [2.75, 3.05) is 14.2 Å². The van der Waals surface area contributed by atoms with Crippen LogP contribution in [0.5, 0.6) is 17.2 Å². The van der Waals surface area contributed by atoms with Crippen LogP contribution in [-0.2, 0) is 0 Å². The van der Waals surface area contributed by atoms with Gasteiger partial charge in [0.1, 0.15) is 5.75 Å². The molecule has 0 aliphatic rings. The van der Waals surface area contributed by atoms with E-state index in [1.54, 1.807) is 51.5 Å². The van der Waals surface area contributed by atoms with E-state index in [1.165, 1.54) is 0 Å². The van der Waals surface area contributed by atoms with E-state index in [2.05, 4.69) is 10.1 Å². The summed E-state index contributed by atoms with van der Waals surface area (Å²) in [7, 11) is 3.14. The lowest BCUT2D eigenvalue weighted by Crippen LogP contribution is -2.04. The molecule has 0 fully saturated rings. The van der Waals surface area contributed by atoms with Gasteiger partial charge in [-0.25, -0.2) is 0 Å². The molecule has 3 aromatic rings. The average Bonchev–Trinajstić information content (AvgIpc) is 3.13. The fourth-order valence-corrected chi connectivity index (χ4v) is 2.76. The van der Waals surface area contributed by atoms with E-state index in [4.69, 9.17) is 41.9 Å². The second-order valence-electron chi connectivity index (χ2n) is 5.36. The van der Waals surface area contributed by atoms with Crippen molar-refractivity contribution in [3.8, 4) is 28.6 Å². The van der Waals surface area contributed by atoms with E-state index in [0.717, 1.165) is 5.56 Å². The van der Waals surface area contributed by atoms with Gasteiger partial charge in [-0.2, -0.15) is 4.98 Å². The second-order valence-corrected chi connectivity index (χ2v) is 6.20. The molecule has 0 aliphatic heterocycles. The molecule has 6 nitrogen and oxygen atoms in total. The molecule has 1 heterocycles. The molecule has 0 N–H and O–H groups in total. The van der Waals surface area contributed by atoms with Crippen LogP contribution >= 0.6 is 23.2 Å². The highest BCUT2D eigenvalue weighted by molar-refractivity contribution is 6.35. The second kappa shape index (κ2) is 7.85. The van der Waals surface area contributed by atoms with Crippen LogP contribution in [-0.4, -0.2) is 24.4 Å². The van der Waals surface area contributed by atoms with E-state index in [1.807, 2.05) is 6.07 Å². The molecule has 26 heavy (non-hydrogen) atoms. The Balaban J connectivity index is 1.81. The number of ether oxygens (including phenoxy) is 3. The van der Waals surface area contributed by atoms with Crippen LogP contribution in [0.2, 0.25) is 10.0 Å². The lowest BCUT2D eigenvalue weighted by atomic mass is 10.2. The number of halogens is 2. The van der Waals surface area contributed by atoms with Gasteiger partial charge in [0.15, 0.2) is 17.6 Å². The maximum atomic E-state index is 6.12. The third-order valence-electron chi connectivity index (χ3n) is 3.63. The van der Waals surface area contributed by atoms with E-state index in [-0.39, 0.29) is 0 Å². The number of nitrogens with zero attached hydrogens (tertiary/aromatic N) is 2. The molecule has 1 aromatic heterocycles. The zero-order chi connectivity index (χ0) is 18.7. The maximum Gasteiger partial charge on any atom is 0.267 e. The first kappa shape index (κ1) is 18.4. The number of hydrogen-bond acceptors (Lipinski definition) is 6. The third-order valence-corrected chi connectivity index (χ3v) is 4.16. The van der Waals surface area contributed by atoms with Crippen LogP contribution in [0, 0.1) is 0 Å². The molecule has 0 amide bonds. The van der Waals surface area contributed by atoms with Gasteiger partial charge in [-0.3, -0.25) is 0 Å². The molecular weight excluding hydrogens is 379 g/mol. The van der Waals surface area contributed by atoms with E-state index in [0.29, 0.717) is 39.0 Å². The monoisotopic (exact) mass is 394 g/mol. The molecular formula is C18H16Cl2N2O4. The molecule has 3 rings (SSSR count). The van der Waals surface area contributed by atoms with E-state index >= 15 is 0 Å². The zero-order valence-electron chi connectivity index (χ0n) is 14.3. The van der Waals surface area contributed by atoms with Gasteiger partial charge in [-0.15, -0.1) is 0 Å². The van der Waals surface area contributed by atoms with E-state index < -0.39 is 6.10 Å². The van der Waals surface area contributed by atoms with Crippen LogP contribution in [0.4, 0.5) is 0 Å². The van der Waals surface area contributed by atoms with Gasteiger partial charge in [0.05, 0.1) is 19.2 Å². The van der Waals surface area contributed by atoms with Crippen molar-refractivity contribution in [1.29, 1.82) is 0 Å². The highest BCUT2D eigenvalue weighted by atomic mass is 35.5. The van der Waals surface area contributed by atoms with Crippen molar-refractivity contribution in [1.82, 2.24) is 10.1 Å². The van der Waals surface area contributed by atoms with Gasteiger partial charge in [0.2, 0.25) is 5.82 Å². The van der Waals surface area contributed by atoms with Gasteiger partial charge in [0.25, 0.3) is 5.89 Å². The summed E-state index contributed by atoms with van der Waals surface area (Å²) < 4.78 is 21.6. The van der Waals surface area contributed by atoms with Crippen molar-refractivity contribution in [2.24, 2.45) is 0 Å². The van der Waals surface area contributed by atoms with E-state index in [9.17, 15) is 0 Å². The Hall–Kier alpha value is -2.44. The van der Waals surface area contributed by atoms with Crippen LogP contribution in [0.25, 0.3) is 11.4 Å². The van der Waals surface area contributed by atoms with Crippen LogP contribution in [0.3, 0.4) is 0 Å². The topological polar surface area (TPSA) is 66.6 Å². The normalized spacial score (nSPS) is 11.9. The SMILES string of the molecule is COc1ccc(-c2noc([C@@H](C)Oc3ccc(Cl)cc3Cl)n2)cc1OC. The first-order valence-corrected chi connectivity index (χ1v) is 8.45. The number of rotatable bonds is 6. The van der Waals surface area contributed by atoms with Crippen molar-refractivity contribution in [3.05, 3.63) is 52.3 Å². The number of benzene rings is 2. The van der Waals surface area contributed by atoms with Gasteiger partial charge < -0.3 is 18.7 Å². The van der Waals surface area contributed by atoms with Crippen molar-refractivity contribution in [2.45, 2.75) is 13.0 Å². The minimum absolute atomic E-state index is 0.320. The molecule has 2 aromatic carbocycles. The summed E-state index contributed by atoms with van der Waals surface area (Å²) in [5, 5.41) is 4.94. The predicted octanol–water partition coefficient (Wildman–Crippen LogP) is 5.20. The molecule has 0 aliphatic carbocycles. The predicted molar refractivity (Wildman–Crippen MR) is 98.3 cm³/mol. The fraction of sp³-hybridized carbons (Fsp3) is 0.222. The summed E-state index contributed by atoms with van der Waals surface area (Å²) in [6, 6.07) is 10.4. The minimum Gasteiger partial charge on any atom is -0.493 e. The smallest absolute Gasteiger partial charge is 0.267 e. The molecule has 136 valence electrons. The molecule has 8 heteroatoms. The number of hydrogen-bond donors (Lipinski definition) is 0. The van der Waals surface area contributed by atoms with Gasteiger partial charge in [0, 0.05) is 10.6 Å². The summed E-state index contributed by atoms with van der Waals surface area (Å²) in [5.41, 5.74) is 0.731. The van der Waals surface area contributed by atoms with Crippen molar-refractivity contribution < 1.29 is 18.7 Å². The average molecular weight is 395 g/mol. The van der Waals surface area contributed by atoms with Crippen LogP contribution < -0.4 is 14.2 Å². The van der Waals surface area contributed by atoms with Crippen molar-refractivity contribution >= 4 is 23.2 Å². The number of aromatic nitrogens is 2. The highest BCUT2D eigenvalue weighted by Crippen LogP contribution is 2.33. The summed E-state index contributed by atoms with van der Waals surface area (Å²) in [6.45, 7) is 1.79. The summed E-state index contributed by atoms with van der Waals surface area (Å²) in [4.78, 5) is 4.39. The molecule has 0 bridgehead atoms. The quantitative estimate of drug-likeness (QED) is 0.572. The summed E-state index contributed by atoms with van der Waals surface area (Å²) in [6.07, 6.45) is -0.491. The maximum absolute atomic E-state index is 6.12. The molecule has 0 saturated carbocycles. The largest absolute Gasteiger partial charge is 0.493 e. The van der Waals surface area contributed by atoms with Gasteiger partial charge in [-0.1, -0.05) is 28.4 Å².